The molecule has 0 aromatic carbocycles. The smallest absolute Gasteiger partial charge is 0.252 e. The van der Waals surface area contributed by atoms with Gasteiger partial charge in [-0.05, 0) is 37.1 Å². The molecule has 0 unspecified atom stereocenters. The highest BCUT2D eigenvalue weighted by Crippen LogP contribution is 2.27. The zero-order valence-electron chi connectivity index (χ0n) is 13.2. The van der Waals surface area contributed by atoms with Gasteiger partial charge >= 0.3 is 0 Å². The first-order valence-electron chi connectivity index (χ1n) is 7.93. The van der Waals surface area contributed by atoms with Crippen LogP contribution in [0, 0.1) is 0 Å². The zero-order chi connectivity index (χ0) is 17.0. The number of carbonyl (C=O) groups is 1. The van der Waals surface area contributed by atoms with Crippen molar-refractivity contribution in [2.45, 2.75) is 36.4 Å². The van der Waals surface area contributed by atoms with Gasteiger partial charge in [-0.1, -0.05) is 6.42 Å². The molecule has 0 aliphatic carbocycles. The van der Waals surface area contributed by atoms with Crippen molar-refractivity contribution in [3.63, 3.8) is 0 Å². The molecule has 1 fully saturated rings. The Morgan fingerprint density at radius 3 is 2.71 bits per heavy atom. The number of rotatable bonds is 6. The van der Waals surface area contributed by atoms with Crippen LogP contribution in [0.1, 0.15) is 29.9 Å². The van der Waals surface area contributed by atoms with Gasteiger partial charge in [0.1, 0.15) is 9.97 Å². The van der Waals surface area contributed by atoms with Crippen LogP contribution in [0.4, 0.5) is 0 Å². The number of piperidine rings is 1. The predicted octanol–water partition coefficient (Wildman–Crippen LogP) is 2.37. The van der Waals surface area contributed by atoms with Gasteiger partial charge in [0.2, 0.25) is 5.91 Å². The molecule has 1 aliphatic rings. The summed E-state index contributed by atoms with van der Waals surface area (Å²) in [7, 11) is -3.42. The van der Waals surface area contributed by atoms with Crippen molar-refractivity contribution in [2.24, 2.45) is 0 Å². The Labute approximate surface area is 145 Å². The van der Waals surface area contributed by atoms with Crippen LogP contribution in [0.2, 0.25) is 0 Å². The number of furan rings is 1. The van der Waals surface area contributed by atoms with Gasteiger partial charge in [-0.3, -0.25) is 4.79 Å². The highest BCUT2D eigenvalue weighted by Gasteiger charge is 2.27. The molecule has 1 aliphatic heterocycles. The molecule has 0 atom stereocenters. The predicted molar refractivity (Wildman–Crippen MR) is 91.2 cm³/mol. The number of amides is 1. The lowest BCUT2D eigenvalue weighted by Gasteiger charge is -2.25. The minimum absolute atomic E-state index is 0.157. The van der Waals surface area contributed by atoms with E-state index >= 15 is 0 Å². The topological polar surface area (TPSA) is 79.6 Å². The van der Waals surface area contributed by atoms with Gasteiger partial charge in [0.15, 0.2) is 0 Å². The van der Waals surface area contributed by atoms with E-state index in [-0.39, 0.29) is 12.3 Å². The van der Waals surface area contributed by atoms with Crippen molar-refractivity contribution in [3.05, 3.63) is 41.2 Å². The monoisotopic (exact) mass is 368 g/mol. The molecule has 3 rings (SSSR count). The molecule has 0 saturated carbocycles. The Balaban J connectivity index is 1.59. The number of nitrogens with zero attached hydrogens (tertiary/aromatic N) is 1. The fourth-order valence-electron chi connectivity index (χ4n) is 2.64. The summed E-state index contributed by atoms with van der Waals surface area (Å²) in [5.74, 6) is 0.526. The summed E-state index contributed by atoms with van der Waals surface area (Å²) in [6.07, 6.45) is 4.62. The van der Waals surface area contributed by atoms with E-state index in [1.165, 1.54) is 11.3 Å². The molecule has 130 valence electrons. The van der Waals surface area contributed by atoms with Crippen LogP contribution < -0.4 is 5.32 Å². The molecule has 2 aromatic rings. The minimum Gasteiger partial charge on any atom is -0.467 e. The molecular weight excluding hydrogens is 348 g/mol. The number of sulfonamides is 1. The Morgan fingerprint density at radius 2 is 2.00 bits per heavy atom. The summed E-state index contributed by atoms with van der Waals surface area (Å²) in [4.78, 5) is 12.7. The van der Waals surface area contributed by atoms with Crippen LogP contribution in [0.5, 0.6) is 0 Å². The van der Waals surface area contributed by atoms with E-state index in [4.69, 9.17) is 4.42 Å². The van der Waals surface area contributed by atoms with E-state index in [1.807, 2.05) is 0 Å². The quantitative estimate of drug-likeness (QED) is 0.849. The largest absolute Gasteiger partial charge is 0.467 e. The van der Waals surface area contributed by atoms with Crippen molar-refractivity contribution < 1.29 is 17.6 Å². The summed E-state index contributed by atoms with van der Waals surface area (Å²) in [6.45, 7) is 1.49. The molecule has 0 radical (unpaired) electrons. The first-order valence-corrected chi connectivity index (χ1v) is 10.2. The molecular formula is C16H20N2O4S2. The lowest BCUT2D eigenvalue weighted by atomic mass is 10.2. The average Bonchev–Trinajstić information content (AvgIpc) is 3.26. The Hall–Kier alpha value is -1.64. The fourth-order valence-corrected chi connectivity index (χ4v) is 5.67. The van der Waals surface area contributed by atoms with E-state index < -0.39 is 10.0 Å². The van der Waals surface area contributed by atoms with E-state index in [1.54, 1.807) is 34.8 Å². The standard InChI is InChI=1S/C16H20N2O4S2/c19-15(17-12-13-5-4-10-22-13)11-14-6-7-16(23-14)24(20,21)18-8-2-1-3-9-18/h4-7,10H,1-3,8-9,11-12H2,(H,17,19). The third-order valence-corrected chi connectivity index (χ3v) is 7.37. The first-order chi connectivity index (χ1) is 11.6. The van der Waals surface area contributed by atoms with Crippen LogP contribution in [0.3, 0.4) is 0 Å². The van der Waals surface area contributed by atoms with Gasteiger partial charge < -0.3 is 9.73 Å². The number of thiophene rings is 1. The lowest BCUT2D eigenvalue weighted by molar-refractivity contribution is -0.120. The first kappa shape index (κ1) is 17.2. The van der Waals surface area contributed by atoms with Gasteiger partial charge in [-0.2, -0.15) is 4.31 Å². The maximum Gasteiger partial charge on any atom is 0.252 e. The van der Waals surface area contributed by atoms with Gasteiger partial charge in [-0.15, -0.1) is 11.3 Å². The van der Waals surface area contributed by atoms with E-state index in [0.717, 1.165) is 24.1 Å². The second kappa shape index (κ2) is 7.50. The Morgan fingerprint density at radius 1 is 1.21 bits per heavy atom. The van der Waals surface area contributed by atoms with E-state index in [2.05, 4.69) is 5.32 Å². The van der Waals surface area contributed by atoms with E-state index in [0.29, 0.717) is 29.6 Å². The zero-order valence-corrected chi connectivity index (χ0v) is 14.9. The molecule has 1 saturated heterocycles. The van der Waals surface area contributed by atoms with Crippen LogP contribution >= 0.6 is 11.3 Å². The molecule has 0 spiro atoms. The maximum absolute atomic E-state index is 12.6. The second-order valence-electron chi connectivity index (χ2n) is 5.72. The fraction of sp³-hybridized carbons (Fsp3) is 0.438. The summed E-state index contributed by atoms with van der Waals surface area (Å²) in [6, 6.07) is 6.87. The summed E-state index contributed by atoms with van der Waals surface area (Å²) < 4.78 is 32.2. The van der Waals surface area contributed by atoms with Crippen molar-refractivity contribution in [3.8, 4) is 0 Å². The molecule has 24 heavy (non-hydrogen) atoms. The molecule has 1 amide bonds. The van der Waals surface area contributed by atoms with Crippen LogP contribution in [-0.2, 0) is 27.8 Å². The summed E-state index contributed by atoms with van der Waals surface area (Å²) in [5, 5.41) is 2.76. The van der Waals surface area contributed by atoms with Gasteiger partial charge in [0.05, 0.1) is 19.2 Å². The molecule has 3 heterocycles. The molecule has 0 bridgehead atoms. The number of nitrogens with one attached hydrogen (secondary N) is 1. The Bertz CT molecular complexity index is 775. The van der Waals surface area contributed by atoms with Crippen molar-refractivity contribution in [2.75, 3.05) is 13.1 Å². The highest BCUT2D eigenvalue weighted by molar-refractivity contribution is 7.91. The van der Waals surface area contributed by atoms with Gasteiger partial charge in [-0.25, -0.2) is 8.42 Å². The number of carbonyl (C=O) groups excluding carboxylic acids is 1. The molecule has 6 nitrogen and oxygen atoms in total. The molecule has 1 N–H and O–H groups in total. The normalized spacial score (nSPS) is 16.2. The average molecular weight is 368 g/mol. The third kappa shape index (κ3) is 4.06. The molecule has 8 heteroatoms. The van der Waals surface area contributed by atoms with Gasteiger partial charge in [0, 0.05) is 18.0 Å². The van der Waals surface area contributed by atoms with Crippen molar-refractivity contribution >= 4 is 27.3 Å². The number of hydrogen-bond acceptors (Lipinski definition) is 5. The second-order valence-corrected chi connectivity index (χ2v) is 9.05. The van der Waals surface area contributed by atoms with Crippen molar-refractivity contribution in [1.82, 2.24) is 9.62 Å². The van der Waals surface area contributed by atoms with Crippen LogP contribution in [0.15, 0.2) is 39.2 Å². The van der Waals surface area contributed by atoms with Crippen LogP contribution in [-0.4, -0.2) is 31.7 Å². The lowest BCUT2D eigenvalue weighted by Crippen LogP contribution is -2.35. The maximum atomic E-state index is 12.6. The van der Waals surface area contributed by atoms with Crippen molar-refractivity contribution in [1.29, 1.82) is 0 Å². The van der Waals surface area contributed by atoms with Gasteiger partial charge in [0.25, 0.3) is 10.0 Å². The molecule has 2 aromatic heterocycles. The minimum atomic E-state index is -3.42. The van der Waals surface area contributed by atoms with Crippen LogP contribution in [0.25, 0.3) is 0 Å². The SMILES string of the molecule is O=C(Cc1ccc(S(=O)(=O)N2CCCCC2)s1)NCc1ccco1. The summed E-state index contributed by atoms with van der Waals surface area (Å²) in [5.41, 5.74) is 0. The Kier molecular flexibility index (Phi) is 5.37. The third-order valence-electron chi connectivity index (χ3n) is 3.92. The summed E-state index contributed by atoms with van der Waals surface area (Å²) >= 11 is 1.17. The number of hydrogen-bond donors (Lipinski definition) is 1. The highest BCUT2D eigenvalue weighted by atomic mass is 32.2. The van der Waals surface area contributed by atoms with E-state index in [9.17, 15) is 13.2 Å².